The lowest BCUT2D eigenvalue weighted by atomic mass is 9.92. The molecule has 226 valence electrons. The number of alkyl halides is 6. The molecule has 41 heavy (non-hydrogen) atoms. The molecule has 3 rings (SSSR count). The first-order valence-corrected chi connectivity index (χ1v) is 13.9. The Balaban J connectivity index is 1.94. The van der Waals surface area contributed by atoms with Crippen LogP contribution in [-0.2, 0) is 38.3 Å². The van der Waals surface area contributed by atoms with Crippen LogP contribution in [0.1, 0.15) is 53.6 Å². The third-order valence-corrected chi connectivity index (χ3v) is 8.61. The largest absolute Gasteiger partial charge is 0.449 e. The Morgan fingerprint density at radius 3 is 2.12 bits per heavy atom. The highest BCUT2D eigenvalue weighted by molar-refractivity contribution is 7.91. The first kappa shape index (κ1) is 32.2. The molecule has 0 saturated carbocycles. The van der Waals surface area contributed by atoms with Crippen molar-refractivity contribution in [3.05, 3.63) is 70.0 Å². The molecule has 2 aromatic carbocycles. The van der Waals surface area contributed by atoms with Crippen LogP contribution in [0.4, 0.5) is 35.5 Å². The fourth-order valence-corrected chi connectivity index (χ4v) is 6.19. The number of benzene rings is 2. The van der Waals surface area contributed by atoms with E-state index in [9.17, 15) is 48.7 Å². The van der Waals surface area contributed by atoms with Gasteiger partial charge in [0, 0.05) is 27.1 Å². The van der Waals surface area contributed by atoms with Gasteiger partial charge in [-0.05, 0) is 66.8 Å². The molecule has 15 heteroatoms. The van der Waals surface area contributed by atoms with E-state index in [2.05, 4.69) is 4.74 Å². The fraction of sp³-hybridized carbons (Fsp3) is 0.462. The molecule has 1 saturated heterocycles. The van der Waals surface area contributed by atoms with Crippen molar-refractivity contribution in [1.29, 1.82) is 0 Å². The van der Waals surface area contributed by atoms with Crippen molar-refractivity contribution < 1.29 is 53.5 Å². The predicted molar refractivity (Wildman–Crippen MR) is 132 cm³/mol. The molecule has 1 aliphatic heterocycles. The highest BCUT2D eigenvalue weighted by Crippen LogP contribution is 2.38. The van der Waals surface area contributed by atoms with Crippen molar-refractivity contribution in [2.45, 2.75) is 56.9 Å². The molecule has 1 fully saturated rings. The van der Waals surface area contributed by atoms with Gasteiger partial charge in [0.2, 0.25) is 0 Å². The van der Waals surface area contributed by atoms with Crippen LogP contribution in [0.2, 0.25) is 0 Å². The molecule has 0 N–H and O–H groups in total. The molecular weight excluding hydrogens is 585 g/mol. The first-order chi connectivity index (χ1) is 18.8. The van der Waals surface area contributed by atoms with E-state index in [4.69, 9.17) is 0 Å². The number of aryl methyl sites for hydroxylation is 1. The molecule has 2 amide bonds. The standard InChI is InChI=1S/C26H27F7N2O5S/c1-15-8-20(27)4-5-22(15)23-12-21(41(38,39)14-40-16(2)36)6-7-35(23)24(37)34(3)13-17-9-18(25(28,29)30)11-19(10-17)26(31,32)33/h4-5,8-11,21,23H,6-7,12-14H2,1-3H3/t21-,23+/m0/s1. The zero-order chi connectivity index (χ0) is 30.9. The van der Waals surface area contributed by atoms with Gasteiger partial charge in [-0.25, -0.2) is 17.6 Å². The van der Waals surface area contributed by atoms with E-state index in [0.29, 0.717) is 23.3 Å². The van der Waals surface area contributed by atoms with E-state index < -0.39 is 80.5 Å². The summed E-state index contributed by atoms with van der Waals surface area (Å²) >= 11 is 0. The van der Waals surface area contributed by atoms with Gasteiger partial charge >= 0.3 is 24.4 Å². The van der Waals surface area contributed by atoms with Crippen molar-refractivity contribution in [1.82, 2.24) is 9.80 Å². The summed E-state index contributed by atoms with van der Waals surface area (Å²) in [5.41, 5.74) is -2.68. The number of halogens is 7. The summed E-state index contributed by atoms with van der Waals surface area (Å²) in [6.45, 7) is 1.80. The van der Waals surface area contributed by atoms with E-state index >= 15 is 0 Å². The summed E-state index contributed by atoms with van der Waals surface area (Å²) in [5.74, 6) is -2.27. The fourth-order valence-electron chi connectivity index (χ4n) is 4.73. The highest BCUT2D eigenvalue weighted by atomic mass is 32.2. The lowest BCUT2D eigenvalue weighted by molar-refractivity contribution is -0.143. The van der Waals surface area contributed by atoms with Crippen LogP contribution >= 0.6 is 0 Å². The summed E-state index contributed by atoms with van der Waals surface area (Å²) in [6.07, 6.45) is -10.4. The van der Waals surface area contributed by atoms with Gasteiger partial charge in [-0.2, -0.15) is 26.3 Å². The molecule has 0 unspecified atom stereocenters. The predicted octanol–water partition coefficient (Wildman–Crippen LogP) is 5.86. The maximum absolute atomic E-state index is 13.8. The number of ether oxygens (including phenoxy) is 1. The van der Waals surface area contributed by atoms with Crippen molar-refractivity contribution in [2.75, 3.05) is 19.5 Å². The van der Waals surface area contributed by atoms with Crippen LogP contribution in [0, 0.1) is 12.7 Å². The highest BCUT2D eigenvalue weighted by Gasteiger charge is 2.41. The minimum Gasteiger partial charge on any atom is -0.449 e. The van der Waals surface area contributed by atoms with Crippen molar-refractivity contribution in [3.8, 4) is 0 Å². The molecule has 0 spiro atoms. The maximum atomic E-state index is 13.8. The summed E-state index contributed by atoms with van der Waals surface area (Å²) < 4.78 is 124. The monoisotopic (exact) mass is 612 g/mol. The van der Waals surface area contributed by atoms with Gasteiger partial charge < -0.3 is 14.5 Å². The van der Waals surface area contributed by atoms with E-state index in [1.165, 1.54) is 24.1 Å². The Morgan fingerprint density at radius 1 is 1.02 bits per heavy atom. The van der Waals surface area contributed by atoms with Crippen molar-refractivity contribution in [2.24, 2.45) is 0 Å². The van der Waals surface area contributed by atoms with Crippen molar-refractivity contribution in [3.63, 3.8) is 0 Å². The second kappa shape index (κ2) is 11.9. The molecule has 0 aromatic heterocycles. The summed E-state index contributed by atoms with van der Waals surface area (Å²) in [4.78, 5) is 26.8. The molecule has 2 atom stereocenters. The summed E-state index contributed by atoms with van der Waals surface area (Å²) in [7, 11) is -2.79. The number of urea groups is 1. The second-order valence-corrected chi connectivity index (χ2v) is 12.1. The average Bonchev–Trinajstić information content (AvgIpc) is 2.85. The molecule has 2 aromatic rings. The SMILES string of the molecule is CC(=O)OCS(=O)(=O)[C@H]1CCN(C(=O)N(C)Cc2cc(C(F)(F)F)cc(C(F)(F)F)c2)[C@@H](c2ccc(F)cc2C)C1. The zero-order valence-corrected chi connectivity index (χ0v) is 23.0. The zero-order valence-electron chi connectivity index (χ0n) is 22.1. The Hall–Kier alpha value is -3.36. The Labute approximate surface area is 231 Å². The quantitative estimate of drug-likeness (QED) is 0.301. The third-order valence-electron chi connectivity index (χ3n) is 6.72. The molecular formula is C26H27F7N2O5S. The van der Waals surface area contributed by atoms with Gasteiger partial charge in [0.15, 0.2) is 15.8 Å². The summed E-state index contributed by atoms with van der Waals surface area (Å²) in [5, 5.41) is -1.05. The topological polar surface area (TPSA) is 84.0 Å². The summed E-state index contributed by atoms with van der Waals surface area (Å²) in [6, 6.07) is 2.97. The van der Waals surface area contributed by atoms with Gasteiger partial charge in [-0.15, -0.1) is 0 Å². The Kier molecular flexibility index (Phi) is 9.30. The van der Waals surface area contributed by atoms with E-state index in [-0.39, 0.29) is 25.5 Å². The van der Waals surface area contributed by atoms with Crippen molar-refractivity contribution >= 4 is 21.8 Å². The van der Waals surface area contributed by atoms with Crippen LogP contribution < -0.4 is 0 Å². The first-order valence-electron chi connectivity index (χ1n) is 12.2. The average molecular weight is 613 g/mol. The number of carbonyl (C=O) groups is 2. The molecule has 1 aliphatic rings. The van der Waals surface area contributed by atoms with Crippen LogP contribution in [0.15, 0.2) is 36.4 Å². The lowest BCUT2D eigenvalue weighted by Crippen LogP contribution is -2.49. The van der Waals surface area contributed by atoms with Gasteiger partial charge in [-0.3, -0.25) is 4.79 Å². The molecule has 0 bridgehead atoms. The molecule has 1 heterocycles. The van der Waals surface area contributed by atoms with Crippen LogP contribution in [0.3, 0.4) is 0 Å². The van der Waals surface area contributed by atoms with Crippen LogP contribution in [0.5, 0.6) is 0 Å². The normalized spacial score (nSPS) is 18.2. The van der Waals surface area contributed by atoms with Gasteiger partial charge in [0.25, 0.3) is 0 Å². The number of piperidine rings is 1. The maximum Gasteiger partial charge on any atom is 0.416 e. The number of hydrogen-bond acceptors (Lipinski definition) is 5. The van der Waals surface area contributed by atoms with Gasteiger partial charge in [-0.1, -0.05) is 6.07 Å². The molecule has 0 aliphatic carbocycles. The number of amides is 2. The van der Waals surface area contributed by atoms with Gasteiger partial charge in [0.05, 0.1) is 22.4 Å². The number of rotatable bonds is 6. The number of nitrogens with zero attached hydrogens (tertiary/aromatic N) is 2. The molecule has 7 nitrogen and oxygen atoms in total. The second-order valence-electron chi connectivity index (χ2n) is 9.83. The minimum atomic E-state index is -5.07. The number of likely N-dealkylation sites (tertiary alicyclic amines) is 1. The Morgan fingerprint density at radius 2 is 1.61 bits per heavy atom. The number of sulfone groups is 1. The number of carbonyl (C=O) groups excluding carboxylic acids is 2. The number of esters is 1. The van der Waals surface area contributed by atoms with E-state index in [1.54, 1.807) is 6.92 Å². The lowest BCUT2D eigenvalue weighted by Gasteiger charge is -2.41. The van der Waals surface area contributed by atoms with Gasteiger partial charge in [0.1, 0.15) is 5.82 Å². The number of hydrogen-bond donors (Lipinski definition) is 0. The minimum absolute atomic E-state index is 0.0142. The van der Waals surface area contributed by atoms with E-state index in [1.807, 2.05) is 0 Å². The van der Waals surface area contributed by atoms with Crippen LogP contribution in [0.25, 0.3) is 0 Å². The Bertz CT molecular complexity index is 1380. The third kappa shape index (κ3) is 7.89. The van der Waals surface area contributed by atoms with E-state index in [0.717, 1.165) is 17.9 Å². The smallest absolute Gasteiger partial charge is 0.416 e. The van der Waals surface area contributed by atoms with Crippen LogP contribution in [-0.4, -0.2) is 55.0 Å². The molecule has 0 radical (unpaired) electrons.